The second-order valence-electron chi connectivity index (χ2n) is 3.67. The predicted octanol–water partition coefficient (Wildman–Crippen LogP) is 4.17. The first-order chi connectivity index (χ1) is 9.22. The first kappa shape index (κ1) is 15.1. The number of hydrogen-bond donors (Lipinski definition) is 1. The molecular formula is C12H14ClN3S3. The predicted molar refractivity (Wildman–Crippen MR) is 84.6 cm³/mol. The molecule has 0 aliphatic carbocycles. The topological polar surface area (TPSA) is 37.8 Å². The highest BCUT2D eigenvalue weighted by molar-refractivity contribution is 8.03. The molecule has 3 nitrogen and oxygen atoms in total. The van der Waals surface area contributed by atoms with Gasteiger partial charge >= 0.3 is 0 Å². The average molecular weight is 332 g/mol. The molecule has 1 aromatic heterocycles. The number of nitrogens with zero attached hydrogens (tertiary/aromatic N) is 2. The maximum absolute atomic E-state index is 6.06. The smallest absolute Gasteiger partial charge is 0.179 e. The first-order valence-corrected chi connectivity index (χ1v) is 9.01. The Morgan fingerprint density at radius 2 is 2.11 bits per heavy atom. The standard InChI is InChI=1S/C12H14ClN3S3/c1-3-14-7-8-6-9(13)4-5-10(8)18-12-16-15-11(17-2)19-12/h4-6,14H,3,7H2,1-2H3. The number of rotatable bonds is 6. The highest BCUT2D eigenvalue weighted by Gasteiger charge is 2.09. The van der Waals surface area contributed by atoms with Crippen molar-refractivity contribution in [2.75, 3.05) is 12.8 Å². The van der Waals surface area contributed by atoms with Crippen LogP contribution in [-0.4, -0.2) is 23.0 Å². The minimum absolute atomic E-state index is 0.763. The minimum atomic E-state index is 0.763. The van der Waals surface area contributed by atoms with Gasteiger partial charge < -0.3 is 5.32 Å². The molecule has 0 spiro atoms. The molecule has 0 amide bonds. The Morgan fingerprint density at radius 3 is 2.79 bits per heavy atom. The van der Waals surface area contributed by atoms with E-state index >= 15 is 0 Å². The highest BCUT2D eigenvalue weighted by atomic mass is 35.5. The van der Waals surface area contributed by atoms with Crippen LogP contribution in [0.1, 0.15) is 12.5 Å². The van der Waals surface area contributed by atoms with Gasteiger partial charge in [-0.3, -0.25) is 0 Å². The van der Waals surface area contributed by atoms with E-state index in [9.17, 15) is 0 Å². The van der Waals surface area contributed by atoms with Crippen LogP contribution in [0.25, 0.3) is 0 Å². The molecule has 0 fully saturated rings. The van der Waals surface area contributed by atoms with Crippen molar-refractivity contribution in [1.82, 2.24) is 15.5 Å². The molecule has 0 radical (unpaired) electrons. The first-order valence-electron chi connectivity index (χ1n) is 5.77. The van der Waals surface area contributed by atoms with Crippen LogP contribution in [-0.2, 0) is 6.54 Å². The summed E-state index contributed by atoms with van der Waals surface area (Å²) < 4.78 is 1.95. The number of hydrogen-bond acceptors (Lipinski definition) is 6. The molecule has 1 N–H and O–H groups in total. The lowest BCUT2D eigenvalue weighted by Gasteiger charge is -2.08. The lowest BCUT2D eigenvalue weighted by atomic mass is 10.2. The fourth-order valence-electron chi connectivity index (χ4n) is 1.46. The van der Waals surface area contributed by atoms with Crippen LogP contribution < -0.4 is 5.32 Å². The monoisotopic (exact) mass is 331 g/mol. The van der Waals surface area contributed by atoms with Crippen molar-refractivity contribution in [1.29, 1.82) is 0 Å². The summed E-state index contributed by atoms with van der Waals surface area (Å²) in [6, 6.07) is 5.96. The van der Waals surface area contributed by atoms with Crippen molar-refractivity contribution >= 4 is 46.5 Å². The number of nitrogens with one attached hydrogen (secondary N) is 1. The van der Waals surface area contributed by atoms with Crippen molar-refractivity contribution in [3.63, 3.8) is 0 Å². The third kappa shape index (κ3) is 4.36. The third-order valence-corrected chi connectivity index (χ3v) is 5.65. The zero-order valence-electron chi connectivity index (χ0n) is 10.6. The fourth-order valence-corrected chi connectivity index (χ4v) is 4.16. The van der Waals surface area contributed by atoms with Gasteiger partial charge in [0.05, 0.1) is 0 Å². The lowest BCUT2D eigenvalue weighted by molar-refractivity contribution is 0.718. The normalized spacial score (nSPS) is 10.9. The summed E-state index contributed by atoms with van der Waals surface area (Å²) in [6.07, 6.45) is 2.01. The van der Waals surface area contributed by atoms with Gasteiger partial charge in [0.2, 0.25) is 0 Å². The van der Waals surface area contributed by atoms with Crippen LogP contribution in [0.15, 0.2) is 31.8 Å². The zero-order chi connectivity index (χ0) is 13.7. The van der Waals surface area contributed by atoms with E-state index in [1.165, 1.54) is 10.5 Å². The van der Waals surface area contributed by atoms with Gasteiger partial charge in [-0.25, -0.2) is 0 Å². The van der Waals surface area contributed by atoms with E-state index in [0.717, 1.165) is 26.8 Å². The molecule has 102 valence electrons. The highest BCUT2D eigenvalue weighted by Crippen LogP contribution is 2.35. The Bertz CT molecular complexity index is 545. The van der Waals surface area contributed by atoms with E-state index in [0.29, 0.717) is 0 Å². The van der Waals surface area contributed by atoms with Crippen LogP contribution >= 0.6 is 46.5 Å². The van der Waals surface area contributed by atoms with Crippen molar-refractivity contribution in [2.24, 2.45) is 0 Å². The van der Waals surface area contributed by atoms with Gasteiger partial charge in [0.25, 0.3) is 0 Å². The number of halogens is 1. The van der Waals surface area contributed by atoms with Gasteiger partial charge in [0.1, 0.15) is 0 Å². The molecular weight excluding hydrogens is 318 g/mol. The van der Waals surface area contributed by atoms with E-state index in [-0.39, 0.29) is 0 Å². The van der Waals surface area contributed by atoms with Crippen molar-refractivity contribution in [3.8, 4) is 0 Å². The number of thioether (sulfide) groups is 1. The molecule has 2 rings (SSSR count). The SMILES string of the molecule is CCNCc1cc(Cl)ccc1Sc1nnc(SC)s1. The van der Waals surface area contributed by atoms with Gasteiger partial charge in [-0.1, -0.05) is 53.4 Å². The Labute approximate surface area is 130 Å². The van der Waals surface area contributed by atoms with E-state index in [1.807, 2.05) is 24.5 Å². The van der Waals surface area contributed by atoms with Crippen molar-refractivity contribution in [3.05, 3.63) is 28.8 Å². The fraction of sp³-hybridized carbons (Fsp3) is 0.333. The van der Waals surface area contributed by atoms with Gasteiger partial charge in [0.15, 0.2) is 8.68 Å². The summed E-state index contributed by atoms with van der Waals surface area (Å²) in [5.41, 5.74) is 1.19. The summed E-state index contributed by atoms with van der Waals surface area (Å²) in [5.74, 6) is 0. The van der Waals surface area contributed by atoms with E-state index < -0.39 is 0 Å². The zero-order valence-corrected chi connectivity index (χ0v) is 13.8. The minimum Gasteiger partial charge on any atom is -0.313 e. The van der Waals surface area contributed by atoms with Crippen molar-refractivity contribution in [2.45, 2.75) is 27.0 Å². The summed E-state index contributed by atoms with van der Waals surface area (Å²) in [5, 5.41) is 12.4. The molecule has 7 heteroatoms. The molecule has 0 unspecified atom stereocenters. The molecule has 1 aromatic carbocycles. The van der Waals surface area contributed by atoms with Gasteiger partial charge in [-0.2, -0.15) is 0 Å². The Kier molecular flexibility index (Phi) is 5.97. The van der Waals surface area contributed by atoms with Crippen LogP contribution in [0, 0.1) is 0 Å². The summed E-state index contributed by atoms with van der Waals surface area (Å²) in [4.78, 5) is 1.18. The third-order valence-electron chi connectivity index (χ3n) is 2.35. The molecule has 0 aliphatic heterocycles. The molecule has 0 atom stereocenters. The molecule has 2 aromatic rings. The molecule has 0 bridgehead atoms. The second-order valence-corrected chi connectivity index (χ2v) is 7.43. The lowest BCUT2D eigenvalue weighted by Crippen LogP contribution is -2.12. The average Bonchev–Trinajstić information content (AvgIpc) is 2.86. The summed E-state index contributed by atoms with van der Waals surface area (Å²) in [7, 11) is 0. The maximum Gasteiger partial charge on any atom is 0.179 e. The van der Waals surface area contributed by atoms with Crippen LogP contribution in [0.5, 0.6) is 0 Å². The summed E-state index contributed by atoms with van der Waals surface area (Å²) >= 11 is 10.9. The quantitative estimate of drug-likeness (QED) is 0.804. The number of benzene rings is 1. The maximum atomic E-state index is 6.06. The van der Waals surface area contributed by atoms with Gasteiger partial charge in [0, 0.05) is 16.5 Å². The molecule has 1 heterocycles. The second kappa shape index (κ2) is 7.50. The molecule has 19 heavy (non-hydrogen) atoms. The molecule has 0 aliphatic rings. The van der Waals surface area contributed by atoms with Gasteiger partial charge in [-0.15, -0.1) is 10.2 Å². The van der Waals surface area contributed by atoms with Crippen LogP contribution in [0.4, 0.5) is 0 Å². The van der Waals surface area contributed by atoms with E-state index in [2.05, 4.69) is 22.4 Å². The van der Waals surface area contributed by atoms with Gasteiger partial charge in [-0.05, 0) is 36.6 Å². The van der Waals surface area contributed by atoms with E-state index in [1.54, 1.807) is 34.9 Å². The largest absolute Gasteiger partial charge is 0.313 e. The van der Waals surface area contributed by atoms with Crippen molar-refractivity contribution < 1.29 is 0 Å². The summed E-state index contributed by atoms with van der Waals surface area (Å²) in [6.45, 7) is 3.84. The Hall–Kier alpha value is -0.270. The Morgan fingerprint density at radius 1 is 1.32 bits per heavy atom. The van der Waals surface area contributed by atoms with E-state index in [4.69, 9.17) is 11.6 Å². The van der Waals surface area contributed by atoms with Crippen LogP contribution in [0.2, 0.25) is 5.02 Å². The molecule has 0 saturated carbocycles. The number of aromatic nitrogens is 2. The molecule has 0 saturated heterocycles. The Balaban J connectivity index is 2.18. The van der Waals surface area contributed by atoms with Crippen LogP contribution in [0.3, 0.4) is 0 Å².